The number of hydrogen-bond donors (Lipinski definition) is 2. The van der Waals surface area contributed by atoms with E-state index in [1.165, 1.54) is 12.1 Å². The van der Waals surface area contributed by atoms with E-state index in [-0.39, 0.29) is 36.5 Å². The Bertz CT molecular complexity index is 559. The molecule has 0 spiro atoms. The monoisotopic (exact) mass is 295 g/mol. The number of fused-ring (bicyclic) bond motifs is 1. The second kappa shape index (κ2) is 6.40. The number of benzene rings is 1. The standard InChI is InChI=1S/C13H17N3O5/c1-8(2)14-4-3-13(17)15-9-5-11-12(21-7-20-11)6-10(9)16(18)19/h5-6,8,14H,3-4,7H2,1-2H3,(H,15,17). The van der Waals surface area contributed by atoms with Gasteiger partial charge in [0.05, 0.1) is 11.0 Å². The summed E-state index contributed by atoms with van der Waals surface area (Å²) < 4.78 is 10.3. The van der Waals surface area contributed by atoms with Gasteiger partial charge >= 0.3 is 0 Å². The Morgan fingerprint density at radius 2 is 2.05 bits per heavy atom. The third-order valence-corrected chi connectivity index (χ3v) is 2.87. The van der Waals surface area contributed by atoms with Crippen LogP contribution < -0.4 is 20.1 Å². The van der Waals surface area contributed by atoms with E-state index in [2.05, 4.69) is 10.6 Å². The minimum Gasteiger partial charge on any atom is -0.454 e. The van der Waals surface area contributed by atoms with Gasteiger partial charge in [0, 0.05) is 25.1 Å². The van der Waals surface area contributed by atoms with Gasteiger partial charge in [0.15, 0.2) is 11.5 Å². The van der Waals surface area contributed by atoms with E-state index >= 15 is 0 Å². The zero-order valence-corrected chi connectivity index (χ0v) is 11.8. The van der Waals surface area contributed by atoms with Crippen LogP contribution in [0.4, 0.5) is 11.4 Å². The largest absolute Gasteiger partial charge is 0.454 e. The molecule has 1 aromatic rings. The van der Waals surface area contributed by atoms with Crippen molar-refractivity contribution in [2.75, 3.05) is 18.7 Å². The van der Waals surface area contributed by atoms with Crippen molar-refractivity contribution in [2.45, 2.75) is 26.3 Å². The minimum absolute atomic E-state index is 0.0161. The second-order valence-electron chi connectivity index (χ2n) is 4.89. The molecule has 1 aliphatic rings. The van der Waals surface area contributed by atoms with Gasteiger partial charge in [-0.2, -0.15) is 0 Å². The Kier molecular flexibility index (Phi) is 4.59. The Labute approximate surface area is 121 Å². The topological polar surface area (TPSA) is 103 Å². The van der Waals surface area contributed by atoms with Gasteiger partial charge in [-0.25, -0.2) is 0 Å². The number of carbonyl (C=O) groups is 1. The Balaban J connectivity index is 2.08. The number of hydrogen-bond acceptors (Lipinski definition) is 6. The lowest BCUT2D eigenvalue weighted by Crippen LogP contribution is -2.27. The molecule has 0 aliphatic carbocycles. The summed E-state index contributed by atoms with van der Waals surface area (Å²) in [6.45, 7) is 4.46. The van der Waals surface area contributed by atoms with Crippen LogP contribution in [0.25, 0.3) is 0 Å². The van der Waals surface area contributed by atoms with Gasteiger partial charge in [-0.05, 0) is 0 Å². The van der Waals surface area contributed by atoms with E-state index < -0.39 is 4.92 Å². The van der Waals surface area contributed by atoms with Crippen molar-refractivity contribution in [3.8, 4) is 11.5 Å². The van der Waals surface area contributed by atoms with Gasteiger partial charge < -0.3 is 20.1 Å². The molecule has 1 amide bonds. The van der Waals surface area contributed by atoms with Crippen molar-refractivity contribution in [3.63, 3.8) is 0 Å². The van der Waals surface area contributed by atoms with Crippen LogP contribution >= 0.6 is 0 Å². The highest BCUT2D eigenvalue weighted by Crippen LogP contribution is 2.40. The van der Waals surface area contributed by atoms with E-state index in [0.29, 0.717) is 18.0 Å². The van der Waals surface area contributed by atoms with E-state index in [1.54, 1.807) is 0 Å². The van der Waals surface area contributed by atoms with Gasteiger partial charge in [0.25, 0.3) is 5.69 Å². The van der Waals surface area contributed by atoms with Crippen molar-refractivity contribution in [1.82, 2.24) is 5.32 Å². The number of carbonyl (C=O) groups excluding carboxylic acids is 1. The quantitative estimate of drug-likeness (QED) is 0.611. The van der Waals surface area contributed by atoms with Crippen molar-refractivity contribution in [2.24, 2.45) is 0 Å². The fraction of sp³-hybridized carbons (Fsp3) is 0.462. The fourth-order valence-corrected chi connectivity index (χ4v) is 1.87. The van der Waals surface area contributed by atoms with Crippen LogP contribution in [0.3, 0.4) is 0 Å². The summed E-state index contributed by atoms with van der Waals surface area (Å²) in [5.41, 5.74) is -0.108. The van der Waals surface area contributed by atoms with Crippen LogP contribution in [0.1, 0.15) is 20.3 Å². The van der Waals surface area contributed by atoms with Crippen LogP contribution in [-0.4, -0.2) is 30.2 Å². The van der Waals surface area contributed by atoms with E-state index in [9.17, 15) is 14.9 Å². The van der Waals surface area contributed by atoms with Crippen LogP contribution in [0.5, 0.6) is 11.5 Å². The third kappa shape index (κ3) is 3.82. The van der Waals surface area contributed by atoms with E-state index in [4.69, 9.17) is 9.47 Å². The van der Waals surface area contributed by atoms with Gasteiger partial charge in [-0.1, -0.05) is 13.8 Å². The molecule has 0 saturated heterocycles. The lowest BCUT2D eigenvalue weighted by atomic mass is 10.2. The fourth-order valence-electron chi connectivity index (χ4n) is 1.87. The highest BCUT2D eigenvalue weighted by atomic mass is 16.7. The molecule has 0 atom stereocenters. The van der Waals surface area contributed by atoms with E-state index in [1.807, 2.05) is 13.8 Å². The molecular formula is C13H17N3O5. The first kappa shape index (κ1) is 15.0. The van der Waals surface area contributed by atoms with Crippen LogP contribution in [-0.2, 0) is 4.79 Å². The summed E-state index contributed by atoms with van der Waals surface area (Å²) in [7, 11) is 0. The number of nitrogens with zero attached hydrogens (tertiary/aromatic N) is 1. The molecule has 0 radical (unpaired) electrons. The molecule has 8 nitrogen and oxygen atoms in total. The summed E-state index contributed by atoms with van der Waals surface area (Å²) in [5, 5.41) is 16.7. The minimum atomic E-state index is -0.566. The number of nitro groups is 1. The number of rotatable bonds is 6. The van der Waals surface area contributed by atoms with Crippen molar-refractivity contribution in [3.05, 3.63) is 22.2 Å². The normalized spacial score (nSPS) is 12.5. The molecule has 2 N–H and O–H groups in total. The Morgan fingerprint density at radius 1 is 1.38 bits per heavy atom. The SMILES string of the molecule is CC(C)NCCC(=O)Nc1cc2c(cc1[N+](=O)[O-])OCO2. The zero-order chi connectivity index (χ0) is 15.4. The lowest BCUT2D eigenvalue weighted by molar-refractivity contribution is -0.384. The Hall–Kier alpha value is -2.35. The lowest BCUT2D eigenvalue weighted by Gasteiger charge is -2.09. The number of ether oxygens (including phenoxy) is 2. The summed E-state index contributed by atoms with van der Waals surface area (Å²) in [5.74, 6) is 0.391. The van der Waals surface area contributed by atoms with Crippen molar-refractivity contribution in [1.29, 1.82) is 0 Å². The van der Waals surface area contributed by atoms with Crippen molar-refractivity contribution < 1.29 is 19.2 Å². The predicted octanol–water partition coefficient (Wildman–Crippen LogP) is 1.65. The smallest absolute Gasteiger partial charge is 0.296 e. The van der Waals surface area contributed by atoms with Gasteiger partial charge in [0.2, 0.25) is 12.7 Å². The summed E-state index contributed by atoms with van der Waals surface area (Å²) in [6.07, 6.45) is 0.226. The molecule has 1 heterocycles. The number of amides is 1. The molecule has 8 heteroatoms. The maximum Gasteiger partial charge on any atom is 0.296 e. The molecule has 1 aromatic carbocycles. The van der Waals surface area contributed by atoms with Gasteiger partial charge in [0.1, 0.15) is 5.69 Å². The first-order valence-electron chi connectivity index (χ1n) is 6.58. The number of anilines is 1. The predicted molar refractivity (Wildman–Crippen MR) is 75.6 cm³/mol. The molecule has 0 saturated carbocycles. The summed E-state index contributed by atoms with van der Waals surface area (Å²) in [6, 6.07) is 2.94. The summed E-state index contributed by atoms with van der Waals surface area (Å²) in [4.78, 5) is 22.3. The average Bonchev–Trinajstić information content (AvgIpc) is 2.84. The molecule has 114 valence electrons. The van der Waals surface area contributed by atoms with Crippen molar-refractivity contribution >= 4 is 17.3 Å². The molecular weight excluding hydrogens is 278 g/mol. The highest BCUT2D eigenvalue weighted by Gasteiger charge is 2.24. The maximum atomic E-state index is 11.8. The maximum absolute atomic E-state index is 11.8. The molecule has 0 unspecified atom stereocenters. The van der Waals surface area contributed by atoms with E-state index in [0.717, 1.165) is 0 Å². The molecule has 2 rings (SSSR count). The first-order valence-corrected chi connectivity index (χ1v) is 6.58. The molecule has 0 aromatic heterocycles. The van der Waals surface area contributed by atoms with Crippen LogP contribution in [0.15, 0.2) is 12.1 Å². The average molecular weight is 295 g/mol. The molecule has 21 heavy (non-hydrogen) atoms. The number of nitro benzene ring substituents is 1. The number of nitrogens with one attached hydrogen (secondary N) is 2. The molecule has 0 bridgehead atoms. The van der Waals surface area contributed by atoms with Gasteiger partial charge in [-0.3, -0.25) is 14.9 Å². The Morgan fingerprint density at radius 3 is 2.67 bits per heavy atom. The molecule has 0 fully saturated rings. The van der Waals surface area contributed by atoms with Crippen LogP contribution in [0, 0.1) is 10.1 Å². The van der Waals surface area contributed by atoms with Crippen LogP contribution in [0.2, 0.25) is 0 Å². The zero-order valence-electron chi connectivity index (χ0n) is 11.8. The molecule has 1 aliphatic heterocycles. The van der Waals surface area contributed by atoms with Gasteiger partial charge in [-0.15, -0.1) is 0 Å². The second-order valence-corrected chi connectivity index (χ2v) is 4.89. The summed E-state index contributed by atoms with van der Waals surface area (Å²) >= 11 is 0. The highest BCUT2D eigenvalue weighted by molar-refractivity contribution is 5.93. The first-order chi connectivity index (χ1) is 9.97. The third-order valence-electron chi connectivity index (χ3n) is 2.87.